The molecule has 0 amide bonds. The van der Waals surface area contributed by atoms with Gasteiger partial charge in [-0.3, -0.25) is 0 Å². The lowest BCUT2D eigenvalue weighted by atomic mass is 9.43. The number of aliphatic hydroxyl groups excluding tert-OH is 1. The monoisotopic (exact) mass is 473 g/mol. The number of aliphatic hydroxyl groups is 2. The van der Waals surface area contributed by atoms with E-state index >= 15 is 0 Å². The molecule has 4 nitrogen and oxygen atoms in total. The van der Waals surface area contributed by atoms with E-state index in [0.717, 1.165) is 55.8 Å². The lowest BCUT2D eigenvalue weighted by Crippen LogP contribution is -2.56. The Kier molecular flexibility index (Phi) is 7.27. The highest BCUT2D eigenvalue weighted by atomic mass is 16.5. The number of nitrogens with zero attached hydrogens (tertiary/aromatic N) is 1. The van der Waals surface area contributed by atoms with Crippen LogP contribution < -0.4 is 0 Å². The third-order valence-corrected chi connectivity index (χ3v) is 12.0. The van der Waals surface area contributed by atoms with Crippen LogP contribution in [-0.2, 0) is 4.74 Å². The predicted molar refractivity (Wildman–Crippen MR) is 136 cm³/mol. The van der Waals surface area contributed by atoms with E-state index in [4.69, 9.17) is 4.74 Å². The summed E-state index contributed by atoms with van der Waals surface area (Å²) in [4.78, 5) is 0. The van der Waals surface area contributed by atoms with Crippen molar-refractivity contribution in [2.24, 2.45) is 51.8 Å². The van der Waals surface area contributed by atoms with E-state index in [2.05, 4.69) is 26.8 Å². The number of ether oxygens (including phenoxy) is 1. The number of methoxy groups -OCH3 is 1. The molecule has 4 saturated carbocycles. The van der Waals surface area contributed by atoms with Crippen molar-refractivity contribution in [1.29, 1.82) is 5.26 Å². The van der Waals surface area contributed by atoms with E-state index in [0.29, 0.717) is 29.3 Å². The average Bonchev–Trinajstić information content (AvgIpc) is 3.15. The van der Waals surface area contributed by atoms with Crippen LogP contribution >= 0.6 is 0 Å². The van der Waals surface area contributed by atoms with Gasteiger partial charge in [0.25, 0.3) is 0 Å². The molecule has 4 fully saturated rings. The molecule has 0 aromatic rings. The molecular weight excluding hydrogens is 422 g/mol. The van der Waals surface area contributed by atoms with Crippen molar-refractivity contribution in [3.05, 3.63) is 0 Å². The molecule has 0 unspecified atom stereocenters. The Morgan fingerprint density at radius 2 is 1.71 bits per heavy atom. The van der Waals surface area contributed by atoms with Gasteiger partial charge in [-0.15, -0.1) is 0 Å². The van der Waals surface area contributed by atoms with E-state index in [1.54, 1.807) is 7.11 Å². The molecule has 0 aliphatic heterocycles. The molecule has 0 heterocycles. The molecule has 0 spiro atoms. The summed E-state index contributed by atoms with van der Waals surface area (Å²) in [5, 5.41) is 31.1. The molecule has 0 saturated heterocycles. The predicted octanol–water partition coefficient (Wildman–Crippen LogP) is 6.35. The van der Waals surface area contributed by atoms with Crippen LogP contribution in [0.15, 0.2) is 0 Å². The number of hydrogen-bond donors (Lipinski definition) is 2. The molecule has 4 rings (SSSR count). The van der Waals surface area contributed by atoms with Gasteiger partial charge in [-0.1, -0.05) is 20.8 Å². The van der Waals surface area contributed by atoms with Crippen LogP contribution in [0.3, 0.4) is 0 Å². The van der Waals surface area contributed by atoms with E-state index < -0.39 is 17.1 Å². The Labute approximate surface area is 208 Å². The summed E-state index contributed by atoms with van der Waals surface area (Å²) >= 11 is 0. The normalized spacial score (nSPS) is 46.0. The fourth-order valence-electron chi connectivity index (χ4n) is 9.75. The summed E-state index contributed by atoms with van der Waals surface area (Å²) in [6, 6.07) is 2.28. The lowest BCUT2D eigenvalue weighted by Gasteiger charge is -2.62. The van der Waals surface area contributed by atoms with Gasteiger partial charge in [0, 0.05) is 7.11 Å². The van der Waals surface area contributed by atoms with Gasteiger partial charge < -0.3 is 14.9 Å². The number of fused-ring (bicyclic) bond motifs is 5. The summed E-state index contributed by atoms with van der Waals surface area (Å²) in [5.41, 5.74) is -0.483. The van der Waals surface area contributed by atoms with Gasteiger partial charge in [0.2, 0.25) is 0 Å². The van der Waals surface area contributed by atoms with E-state index in [-0.39, 0.29) is 0 Å². The first kappa shape index (κ1) is 26.4. The van der Waals surface area contributed by atoms with E-state index in [1.165, 1.54) is 38.5 Å². The minimum Gasteiger partial charge on any atom is -0.391 e. The Bertz CT molecular complexity index is 776. The topological polar surface area (TPSA) is 73.5 Å². The van der Waals surface area contributed by atoms with Gasteiger partial charge in [0.1, 0.15) is 0 Å². The van der Waals surface area contributed by atoms with Crippen LogP contribution in [0.2, 0.25) is 0 Å². The molecule has 0 aromatic heterocycles. The molecule has 0 radical (unpaired) electrons. The van der Waals surface area contributed by atoms with Crippen molar-refractivity contribution in [1.82, 2.24) is 0 Å². The minimum atomic E-state index is -0.663. The van der Waals surface area contributed by atoms with Crippen molar-refractivity contribution in [3.8, 4) is 6.07 Å². The fourth-order valence-corrected chi connectivity index (χ4v) is 9.75. The first-order chi connectivity index (χ1) is 15.9. The quantitative estimate of drug-likeness (QED) is 0.452. The molecule has 4 aliphatic carbocycles. The largest absolute Gasteiger partial charge is 0.391 e. The van der Waals surface area contributed by atoms with Gasteiger partial charge in [-0.25, -0.2) is 0 Å². The summed E-state index contributed by atoms with van der Waals surface area (Å²) in [6.45, 7) is 11.8. The Hall–Kier alpha value is -0.630. The second-order valence-corrected chi connectivity index (χ2v) is 14.2. The smallest absolute Gasteiger partial charge is 0.0883 e. The molecule has 4 aliphatic rings. The van der Waals surface area contributed by atoms with Crippen LogP contribution in [0.1, 0.15) is 105 Å². The van der Waals surface area contributed by atoms with Crippen molar-refractivity contribution in [3.63, 3.8) is 0 Å². The molecule has 0 bridgehead atoms. The second kappa shape index (κ2) is 9.35. The third kappa shape index (κ3) is 4.37. The van der Waals surface area contributed by atoms with E-state index in [9.17, 15) is 15.5 Å². The molecule has 10 atom stereocenters. The molecule has 34 heavy (non-hydrogen) atoms. The highest BCUT2D eigenvalue weighted by Gasteiger charge is 2.61. The fraction of sp³-hybridized carbons (Fsp3) is 0.967. The second-order valence-electron chi connectivity index (χ2n) is 14.2. The first-order valence-corrected chi connectivity index (χ1v) is 14.2. The van der Waals surface area contributed by atoms with Crippen LogP contribution in [0.4, 0.5) is 0 Å². The highest BCUT2D eigenvalue weighted by molar-refractivity contribution is 5.11. The molecule has 0 aromatic carbocycles. The van der Waals surface area contributed by atoms with Crippen molar-refractivity contribution in [2.45, 2.75) is 117 Å². The first-order valence-electron chi connectivity index (χ1n) is 14.2. The maximum atomic E-state index is 11.1. The SMILES string of the molecule is COC[C@]1(O)CC[C@@]2(C)[C@@H](CC[C@@H]3[C@@H]2CC[C@]2(C)[C@@H]([C@H](C)CC[C@@H](O)C(C)(C)C#N)CC[C@@H]32)C1. The molecule has 2 N–H and O–H groups in total. The lowest BCUT2D eigenvalue weighted by molar-refractivity contribution is -0.163. The molecule has 194 valence electrons. The number of rotatable bonds is 7. The highest BCUT2D eigenvalue weighted by Crippen LogP contribution is 2.69. The standard InChI is InChI=1S/C30H51NO3/c1-20(7-12-26(32)27(2,3)18-31)23-10-11-24-22-9-8-21-17-30(33,19-34-6)16-15-28(21,4)25(22)13-14-29(23,24)5/h20-26,32-33H,7-17,19H2,1-6H3/t20-,21+,22+,23-,24+,25+,26-,28+,29-,30+/m1/s1. The summed E-state index contributed by atoms with van der Waals surface area (Å²) in [5.74, 6) is 4.45. The zero-order valence-corrected chi connectivity index (χ0v) is 22.8. The van der Waals surface area contributed by atoms with Gasteiger partial charge >= 0.3 is 0 Å². The Balaban J connectivity index is 1.44. The van der Waals surface area contributed by atoms with E-state index in [1.807, 2.05) is 13.8 Å². The van der Waals surface area contributed by atoms with Crippen LogP contribution in [0.5, 0.6) is 0 Å². The summed E-state index contributed by atoms with van der Waals surface area (Å²) in [6.07, 6.45) is 12.2. The van der Waals surface area contributed by atoms with Crippen molar-refractivity contribution >= 4 is 0 Å². The zero-order chi connectivity index (χ0) is 24.9. The Morgan fingerprint density at radius 1 is 1.00 bits per heavy atom. The molecule has 4 heteroatoms. The third-order valence-electron chi connectivity index (χ3n) is 12.0. The maximum Gasteiger partial charge on any atom is 0.0883 e. The van der Waals surface area contributed by atoms with Gasteiger partial charge in [0.05, 0.1) is 29.8 Å². The Morgan fingerprint density at radius 3 is 2.38 bits per heavy atom. The van der Waals surface area contributed by atoms with Crippen LogP contribution in [-0.4, -0.2) is 35.6 Å². The summed E-state index contributed by atoms with van der Waals surface area (Å²) in [7, 11) is 1.72. The van der Waals surface area contributed by atoms with Crippen molar-refractivity contribution in [2.75, 3.05) is 13.7 Å². The zero-order valence-electron chi connectivity index (χ0n) is 22.8. The molecular formula is C30H51NO3. The minimum absolute atomic E-state index is 0.376. The number of hydrogen-bond acceptors (Lipinski definition) is 4. The van der Waals surface area contributed by atoms with Crippen molar-refractivity contribution < 1.29 is 14.9 Å². The van der Waals surface area contributed by atoms with Gasteiger partial charge in [-0.2, -0.15) is 5.26 Å². The van der Waals surface area contributed by atoms with Gasteiger partial charge in [-0.05, 0) is 131 Å². The van der Waals surface area contributed by atoms with Crippen LogP contribution in [0, 0.1) is 63.1 Å². The maximum absolute atomic E-state index is 11.1. The summed E-state index contributed by atoms with van der Waals surface area (Å²) < 4.78 is 5.39. The average molecular weight is 474 g/mol. The number of nitriles is 1. The van der Waals surface area contributed by atoms with Gasteiger partial charge in [0.15, 0.2) is 0 Å². The van der Waals surface area contributed by atoms with Crippen LogP contribution in [0.25, 0.3) is 0 Å².